The van der Waals surface area contributed by atoms with Gasteiger partial charge in [0.15, 0.2) is 11.5 Å². The molecule has 0 spiro atoms. The number of carbonyl (C=O) groups is 2. The van der Waals surface area contributed by atoms with Gasteiger partial charge in [-0.05, 0) is 0 Å². The van der Waals surface area contributed by atoms with Gasteiger partial charge in [-0.3, -0.25) is 4.79 Å². The van der Waals surface area contributed by atoms with E-state index in [0.717, 1.165) is 0 Å². The Kier molecular flexibility index (Phi) is 2.05. The Balaban J connectivity index is 2.96. The fraction of sp³-hybridized carbons (Fsp3) is 0.167. The summed E-state index contributed by atoms with van der Waals surface area (Å²) in [6.07, 6.45) is 1.11. The van der Waals surface area contributed by atoms with E-state index in [2.05, 4.69) is 4.99 Å². The second-order valence-electron chi connectivity index (χ2n) is 1.96. The Bertz CT molecular complexity index is 280. The number of nitrogens with zero attached hydrogens (tertiary/aromatic N) is 1. The van der Waals surface area contributed by atoms with E-state index in [1.165, 1.54) is 6.20 Å². The lowest BCUT2D eigenvalue weighted by atomic mass is 10.1. The van der Waals surface area contributed by atoms with Crippen LogP contribution in [0.1, 0.15) is 6.42 Å². The van der Waals surface area contributed by atoms with Crippen LogP contribution in [0.2, 0.25) is 0 Å². The molecular formula is C6H4ClNO3. The van der Waals surface area contributed by atoms with Crippen LogP contribution >= 0.6 is 11.6 Å². The van der Waals surface area contributed by atoms with Crippen molar-refractivity contribution in [1.29, 1.82) is 0 Å². The number of Topliss-reactive ketones (excluding diaryl/α,β-unsaturated/α-hetero) is 1. The average molecular weight is 174 g/mol. The fourth-order valence-corrected chi connectivity index (χ4v) is 0.834. The van der Waals surface area contributed by atoms with Crippen LogP contribution in [0, 0.1) is 0 Å². The first-order chi connectivity index (χ1) is 5.11. The number of carboxylic acid groups (broad SMARTS) is 1. The molecule has 11 heavy (non-hydrogen) atoms. The third-order valence-corrected chi connectivity index (χ3v) is 1.36. The van der Waals surface area contributed by atoms with Crippen LogP contribution in [-0.2, 0) is 9.59 Å². The molecule has 1 rings (SSSR count). The number of aliphatic carboxylic acids is 1. The van der Waals surface area contributed by atoms with Gasteiger partial charge in [0.2, 0.25) is 0 Å². The van der Waals surface area contributed by atoms with Crippen molar-refractivity contribution in [3.8, 4) is 0 Å². The number of hydrogen-bond acceptors (Lipinski definition) is 3. The quantitative estimate of drug-likeness (QED) is 0.630. The summed E-state index contributed by atoms with van der Waals surface area (Å²) in [6.45, 7) is 0. The van der Waals surface area contributed by atoms with Crippen LogP contribution in [0.4, 0.5) is 0 Å². The first kappa shape index (κ1) is 7.94. The molecule has 0 fully saturated rings. The molecule has 0 radical (unpaired) electrons. The van der Waals surface area contributed by atoms with Gasteiger partial charge in [-0.2, -0.15) is 0 Å². The summed E-state index contributed by atoms with van der Waals surface area (Å²) in [5.74, 6) is -1.86. The smallest absolute Gasteiger partial charge is 0.358 e. The van der Waals surface area contributed by atoms with Crippen molar-refractivity contribution >= 4 is 29.1 Å². The van der Waals surface area contributed by atoms with Gasteiger partial charge in [0, 0.05) is 11.2 Å². The van der Waals surface area contributed by atoms with E-state index in [1.807, 2.05) is 0 Å². The van der Waals surface area contributed by atoms with Gasteiger partial charge >= 0.3 is 5.97 Å². The van der Waals surface area contributed by atoms with Gasteiger partial charge in [0.05, 0.1) is 6.42 Å². The van der Waals surface area contributed by atoms with Gasteiger partial charge in [0.25, 0.3) is 0 Å². The molecule has 0 saturated carbocycles. The number of carbonyl (C=O) groups excluding carboxylic acids is 1. The van der Waals surface area contributed by atoms with Gasteiger partial charge in [-0.1, -0.05) is 11.6 Å². The molecule has 1 N–H and O–H groups in total. The molecule has 0 bridgehead atoms. The van der Waals surface area contributed by atoms with E-state index in [0.29, 0.717) is 0 Å². The van der Waals surface area contributed by atoms with Gasteiger partial charge in [-0.15, -0.1) is 0 Å². The van der Waals surface area contributed by atoms with Gasteiger partial charge in [0.1, 0.15) is 0 Å². The van der Waals surface area contributed by atoms with E-state index < -0.39 is 17.5 Å². The number of allylic oxidation sites excluding steroid dienone is 1. The molecule has 0 saturated heterocycles. The summed E-state index contributed by atoms with van der Waals surface area (Å²) in [5, 5.41) is 8.63. The third-order valence-electron chi connectivity index (χ3n) is 1.13. The molecule has 4 nitrogen and oxygen atoms in total. The molecule has 0 unspecified atom stereocenters. The Morgan fingerprint density at radius 3 is 2.82 bits per heavy atom. The van der Waals surface area contributed by atoms with Crippen molar-refractivity contribution in [3.05, 3.63) is 11.2 Å². The second-order valence-corrected chi connectivity index (χ2v) is 2.44. The van der Waals surface area contributed by atoms with Crippen LogP contribution in [0.3, 0.4) is 0 Å². The molecule has 0 amide bonds. The highest BCUT2D eigenvalue weighted by Crippen LogP contribution is 2.13. The number of carboxylic acids is 1. The highest BCUT2D eigenvalue weighted by molar-refractivity contribution is 6.65. The fourth-order valence-electron chi connectivity index (χ4n) is 0.664. The minimum atomic E-state index is -1.31. The molecule has 5 heteroatoms. The summed E-state index contributed by atoms with van der Waals surface area (Å²) in [7, 11) is 0. The molecule has 0 atom stereocenters. The van der Waals surface area contributed by atoms with Crippen LogP contribution in [0.5, 0.6) is 0 Å². The van der Waals surface area contributed by atoms with Crippen LogP contribution in [-0.4, -0.2) is 22.6 Å². The van der Waals surface area contributed by atoms with E-state index in [-0.39, 0.29) is 11.5 Å². The van der Waals surface area contributed by atoms with Gasteiger partial charge in [-0.25, -0.2) is 9.79 Å². The van der Waals surface area contributed by atoms with Crippen LogP contribution in [0.15, 0.2) is 16.2 Å². The molecule has 58 valence electrons. The van der Waals surface area contributed by atoms with Crippen molar-refractivity contribution in [3.63, 3.8) is 0 Å². The predicted molar refractivity (Wildman–Crippen MR) is 38.6 cm³/mol. The Labute approximate surface area is 67.2 Å². The minimum Gasteiger partial charge on any atom is -0.476 e. The number of halogens is 1. The Morgan fingerprint density at radius 1 is 1.73 bits per heavy atom. The predicted octanol–water partition coefficient (Wildman–Crippen LogP) is 0.565. The zero-order valence-electron chi connectivity index (χ0n) is 5.37. The molecule has 0 aromatic heterocycles. The summed E-state index contributed by atoms with van der Waals surface area (Å²) in [5.41, 5.74) is -0.450. The van der Waals surface area contributed by atoms with E-state index in [4.69, 9.17) is 16.7 Å². The minimum absolute atomic E-state index is 0.0628. The summed E-state index contributed by atoms with van der Waals surface area (Å²) in [4.78, 5) is 24.4. The maximum absolute atomic E-state index is 10.8. The van der Waals surface area contributed by atoms with E-state index >= 15 is 0 Å². The molecular weight excluding hydrogens is 170 g/mol. The van der Waals surface area contributed by atoms with Crippen molar-refractivity contribution in [2.75, 3.05) is 0 Å². The molecule has 1 aliphatic rings. The summed E-state index contributed by atoms with van der Waals surface area (Å²) in [6, 6.07) is 0. The maximum atomic E-state index is 10.8. The average Bonchev–Trinajstić information content (AvgIpc) is 1.85. The van der Waals surface area contributed by atoms with E-state index in [9.17, 15) is 9.59 Å². The molecule has 0 aromatic carbocycles. The largest absolute Gasteiger partial charge is 0.476 e. The Morgan fingerprint density at radius 2 is 2.36 bits per heavy atom. The molecule has 0 aromatic rings. The first-order valence-corrected chi connectivity index (χ1v) is 3.18. The molecule has 1 heterocycles. The SMILES string of the molecule is O=C(O)C1=NC=C(Cl)CC1=O. The number of rotatable bonds is 1. The normalized spacial score (nSPS) is 17.4. The second kappa shape index (κ2) is 2.84. The van der Waals surface area contributed by atoms with Crippen molar-refractivity contribution in [2.45, 2.75) is 6.42 Å². The lowest BCUT2D eigenvalue weighted by molar-refractivity contribution is -0.130. The van der Waals surface area contributed by atoms with Crippen molar-refractivity contribution in [2.24, 2.45) is 4.99 Å². The maximum Gasteiger partial charge on any atom is 0.358 e. The highest BCUT2D eigenvalue weighted by atomic mass is 35.5. The van der Waals surface area contributed by atoms with Gasteiger partial charge < -0.3 is 5.11 Å². The monoisotopic (exact) mass is 173 g/mol. The number of aliphatic imine (C=N–C) groups is 1. The third kappa shape index (κ3) is 1.65. The zero-order chi connectivity index (χ0) is 8.43. The van der Waals surface area contributed by atoms with Crippen molar-refractivity contribution in [1.82, 2.24) is 0 Å². The lowest BCUT2D eigenvalue weighted by Crippen LogP contribution is -2.25. The summed E-state index contributed by atoms with van der Waals surface area (Å²) >= 11 is 5.42. The Hall–Kier alpha value is -1.16. The topological polar surface area (TPSA) is 66.7 Å². The highest BCUT2D eigenvalue weighted by Gasteiger charge is 2.22. The van der Waals surface area contributed by atoms with Crippen LogP contribution in [0.25, 0.3) is 0 Å². The van der Waals surface area contributed by atoms with Crippen molar-refractivity contribution < 1.29 is 14.7 Å². The zero-order valence-corrected chi connectivity index (χ0v) is 6.13. The number of ketones is 1. The molecule has 0 aliphatic carbocycles. The lowest BCUT2D eigenvalue weighted by Gasteiger charge is -2.03. The van der Waals surface area contributed by atoms with E-state index in [1.54, 1.807) is 0 Å². The first-order valence-electron chi connectivity index (χ1n) is 2.80. The molecule has 1 aliphatic heterocycles. The van der Waals surface area contributed by atoms with Crippen LogP contribution < -0.4 is 0 Å². The summed E-state index contributed by atoms with van der Waals surface area (Å²) < 4.78 is 0. The number of hydrogen-bond donors (Lipinski definition) is 1. The standard InChI is InChI=1S/C6H4ClNO3/c7-3-1-4(9)5(6(10)11)8-2-3/h2H,1H2,(H,10,11).